The number of carbonyl (C=O) groups excluding carboxylic acids is 2. The number of para-hydroxylation sites is 1. The third-order valence-corrected chi connectivity index (χ3v) is 5.80. The van der Waals surface area contributed by atoms with Crippen LogP contribution in [-0.2, 0) is 9.59 Å². The first-order chi connectivity index (χ1) is 13.2. The largest absolute Gasteiger partial charge is 0.274 e. The number of rotatable bonds is 2. The van der Waals surface area contributed by atoms with Crippen LogP contribution in [0.15, 0.2) is 54.6 Å². The number of benzene rings is 2. The molecule has 0 saturated carbocycles. The van der Waals surface area contributed by atoms with E-state index in [0.29, 0.717) is 11.3 Å². The van der Waals surface area contributed by atoms with Gasteiger partial charge in [0.1, 0.15) is 6.04 Å². The van der Waals surface area contributed by atoms with Gasteiger partial charge < -0.3 is 0 Å². The van der Waals surface area contributed by atoms with E-state index in [9.17, 15) is 9.59 Å². The molecule has 3 heterocycles. The SMILES string of the molecule is N#Cc1ccc([C@H]2[C@H]3C(=O)N(c4ccccc4)C(=O)[C@H]3N3CCCN23)cc1. The third-order valence-electron chi connectivity index (χ3n) is 5.80. The fraction of sp³-hybridized carbons (Fsp3) is 0.286. The second-order valence-electron chi connectivity index (χ2n) is 7.18. The highest BCUT2D eigenvalue weighted by Gasteiger charge is 2.62. The molecule has 0 aromatic heterocycles. The molecule has 0 bridgehead atoms. The smallest absolute Gasteiger partial charge is 0.253 e. The lowest BCUT2D eigenvalue weighted by Gasteiger charge is -2.29. The van der Waals surface area contributed by atoms with Crippen LogP contribution in [0.25, 0.3) is 0 Å². The summed E-state index contributed by atoms with van der Waals surface area (Å²) in [6.07, 6.45) is 0.975. The van der Waals surface area contributed by atoms with Crippen molar-refractivity contribution < 1.29 is 9.59 Å². The summed E-state index contributed by atoms with van der Waals surface area (Å²) in [4.78, 5) is 27.9. The van der Waals surface area contributed by atoms with Crippen LogP contribution in [0.1, 0.15) is 23.6 Å². The lowest BCUT2D eigenvalue weighted by atomic mass is 9.89. The highest BCUT2D eigenvalue weighted by molar-refractivity contribution is 6.24. The van der Waals surface area contributed by atoms with E-state index in [1.54, 1.807) is 24.3 Å². The molecule has 2 aromatic rings. The summed E-state index contributed by atoms with van der Waals surface area (Å²) in [7, 11) is 0. The number of hydrogen-bond donors (Lipinski definition) is 0. The van der Waals surface area contributed by atoms with Gasteiger partial charge in [0.2, 0.25) is 5.91 Å². The number of amides is 2. The van der Waals surface area contributed by atoms with Crippen LogP contribution in [0.5, 0.6) is 0 Å². The van der Waals surface area contributed by atoms with Crippen molar-refractivity contribution in [3.63, 3.8) is 0 Å². The topological polar surface area (TPSA) is 67.6 Å². The Morgan fingerprint density at radius 3 is 2.19 bits per heavy atom. The molecular weight excluding hydrogens is 340 g/mol. The van der Waals surface area contributed by atoms with Crippen LogP contribution in [0.2, 0.25) is 0 Å². The maximum atomic E-state index is 13.3. The maximum Gasteiger partial charge on any atom is 0.253 e. The van der Waals surface area contributed by atoms with E-state index in [2.05, 4.69) is 16.1 Å². The summed E-state index contributed by atoms with van der Waals surface area (Å²) in [5.74, 6) is -0.704. The van der Waals surface area contributed by atoms with E-state index in [-0.39, 0.29) is 17.9 Å². The molecule has 0 unspecified atom stereocenters. The highest BCUT2D eigenvalue weighted by Crippen LogP contribution is 2.48. The summed E-state index contributed by atoms with van der Waals surface area (Å²) in [5.41, 5.74) is 2.20. The van der Waals surface area contributed by atoms with Gasteiger partial charge in [0, 0.05) is 13.1 Å². The second kappa shape index (κ2) is 6.02. The van der Waals surface area contributed by atoms with Gasteiger partial charge in [0.05, 0.1) is 29.3 Å². The summed E-state index contributed by atoms with van der Waals surface area (Å²) in [5, 5.41) is 13.3. The van der Waals surface area contributed by atoms with Crippen molar-refractivity contribution in [1.29, 1.82) is 5.26 Å². The predicted octanol–water partition coefficient (Wildman–Crippen LogP) is 2.09. The molecule has 3 saturated heterocycles. The lowest BCUT2D eigenvalue weighted by molar-refractivity contribution is -0.126. The Morgan fingerprint density at radius 1 is 0.852 bits per heavy atom. The molecule has 3 atom stereocenters. The first-order valence-electron chi connectivity index (χ1n) is 9.17. The van der Waals surface area contributed by atoms with Gasteiger partial charge in [-0.2, -0.15) is 5.26 Å². The molecule has 0 N–H and O–H groups in total. The number of fused-ring (bicyclic) bond motifs is 3. The van der Waals surface area contributed by atoms with Crippen molar-refractivity contribution in [2.24, 2.45) is 5.92 Å². The Morgan fingerprint density at radius 2 is 1.52 bits per heavy atom. The van der Waals surface area contributed by atoms with Crippen molar-refractivity contribution in [2.45, 2.75) is 18.5 Å². The normalized spacial score (nSPS) is 27.7. The van der Waals surface area contributed by atoms with E-state index in [0.717, 1.165) is 25.1 Å². The molecule has 2 amide bonds. The van der Waals surface area contributed by atoms with Crippen LogP contribution in [0.4, 0.5) is 5.69 Å². The number of carbonyl (C=O) groups is 2. The fourth-order valence-electron chi connectivity index (χ4n) is 4.70. The molecular formula is C21H18N4O2. The van der Waals surface area contributed by atoms with Gasteiger partial charge in [-0.1, -0.05) is 30.3 Å². The number of nitriles is 1. The van der Waals surface area contributed by atoms with Gasteiger partial charge in [-0.05, 0) is 36.2 Å². The molecule has 2 aromatic carbocycles. The standard InChI is InChI=1S/C21H18N4O2/c22-13-14-7-9-15(10-8-14)18-17-19(24-12-4-11-23(18)24)21(27)25(20(17)26)16-5-2-1-3-6-16/h1-3,5-10,17-19H,4,11-12H2/t17-,18+,19+/m1/s1. The Kier molecular flexibility index (Phi) is 3.61. The molecule has 0 spiro atoms. The Labute approximate surface area is 157 Å². The number of hydrazine groups is 1. The fourth-order valence-corrected chi connectivity index (χ4v) is 4.70. The first-order valence-corrected chi connectivity index (χ1v) is 9.17. The summed E-state index contributed by atoms with van der Waals surface area (Å²) < 4.78 is 0. The van der Waals surface area contributed by atoms with Gasteiger partial charge >= 0.3 is 0 Å². The van der Waals surface area contributed by atoms with Gasteiger partial charge in [-0.25, -0.2) is 14.9 Å². The van der Waals surface area contributed by atoms with Crippen LogP contribution in [-0.4, -0.2) is 41.0 Å². The minimum absolute atomic E-state index is 0.139. The minimum atomic E-state index is -0.444. The molecule has 6 heteroatoms. The molecule has 27 heavy (non-hydrogen) atoms. The zero-order valence-corrected chi connectivity index (χ0v) is 14.7. The minimum Gasteiger partial charge on any atom is -0.274 e. The molecule has 0 radical (unpaired) electrons. The van der Waals surface area contributed by atoms with Gasteiger partial charge in [-0.15, -0.1) is 0 Å². The van der Waals surface area contributed by atoms with E-state index in [1.165, 1.54) is 4.90 Å². The second-order valence-corrected chi connectivity index (χ2v) is 7.18. The quantitative estimate of drug-likeness (QED) is 0.769. The molecule has 6 nitrogen and oxygen atoms in total. The maximum absolute atomic E-state index is 13.3. The van der Waals surface area contributed by atoms with Gasteiger partial charge in [-0.3, -0.25) is 9.59 Å². The van der Waals surface area contributed by atoms with Crippen molar-refractivity contribution in [2.75, 3.05) is 18.0 Å². The first kappa shape index (κ1) is 16.2. The van der Waals surface area contributed by atoms with Crippen molar-refractivity contribution in [3.8, 4) is 6.07 Å². The third kappa shape index (κ3) is 2.26. The van der Waals surface area contributed by atoms with Gasteiger partial charge in [0.15, 0.2) is 0 Å². The average Bonchev–Trinajstić information content (AvgIpc) is 3.35. The van der Waals surface area contributed by atoms with Crippen molar-refractivity contribution in [3.05, 3.63) is 65.7 Å². The van der Waals surface area contributed by atoms with Crippen LogP contribution in [0.3, 0.4) is 0 Å². The number of anilines is 1. The highest BCUT2D eigenvalue weighted by atomic mass is 16.2. The predicted molar refractivity (Wildman–Crippen MR) is 98.1 cm³/mol. The van der Waals surface area contributed by atoms with Crippen LogP contribution >= 0.6 is 0 Å². The van der Waals surface area contributed by atoms with E-state index >= 15 is 0 Å². The zero-order valence-electron chi connectivity index (χ0n) is 14.7. The Hall–Kier alpha value is -3.01. The van der Waals surface area contributed by atoms with Gasteiger partial charge in [0.25, 0.3) is 5.91 Å². The van der Waals surface area contributed by atoms with Crippen LogP contribution in [0, 0.1) is 17.2 Å². The molecule has 5 rings (SSSR count). The number of hydrogen-bond acceptors (Lipinski definition) is 5. The van der Waals surface area contributed by atoms with E-state index in [4.69, 9.17) is 5.26 Å². The average molecular weight is 358 g/mol. The zero-order chi connectivity index (χ0) is 18.5. The number of imide groups is 1. The van der Waals surface area contributed by atoms with E-state index < -0.39 is 12.0 Å². The lowest BCUT2D eigenvalue weighted by Crippen LogP contribution is -2.44. The molecule has 134 valence electrons. The Bertz CT molecular complexity index is 950. The summed E-state index contributed by atoms with van der Waals surface area (Å²) >= 11 is 0. The summed E-state index contributed by atoms with van der Waals surface area (Å²) in [6, 6.07) is 18.0. The monoisotopic (exact) mass is 358 g/mol. The molecule has 3 aliphatic rings. The molecule has 3 fully saturated rings. The van der Waals surface area contributed by atoms with E-state index in [1.807, 2.05) is 30.3 Å². The Balaban J connectivity index is 1.58. The van der Waals surface area contributed by atoms with Crippen molar-refractivity contribution in [1.82, 2.24) is 10.0 Å². The molecule has 0 aliphatic carbocycles. The van der Waals surface area contributed by atoms with Crippen LogP contribution < -0.4 is 4.90 Å². The number of nitrogens with zero attached hydrogens (tertiary/aromatic N) is 4. The van der Waals surface area contributed by atoms with Crippen molar-refractivity contribution >= 4 is 17.5 Å². The molecule has 3 aliphatic heterocycles. The summed E-state index contributed by atoms with van der Waals surface area (Å²) in [6.45, 7) is 1.62.